The largest absolute Gasteiger partial charge is 0.334 e. The molecule has 0 unspecified atom stereocenters. The summed E-state index contributed by atoms with van der Waals surface area (Å²) in [7, 11) is 0. The van der Waals surface area contributed by atoms with Crippen LogP contribution in [0.25, 0.3) is 16.5 Å². The second kappa shape index (κ2) is 9.03. The van der Waals surface area contributed by atoms with E-state index in [0.29, 0.717) is 0 Å². The zero-order valence-electron chi connectivity index (χ0n) is 18.4. The first-order valence-corrected chi connectivity index (χ1v) is 11.7. The number of carbonyl (C=O) groups excluding carboxylic acids is 1. The van der Waals surface area contributed by atoms with Gasteiger partial charge in [0.2, 0.25) is 5.16 Å². The van der Waals surface area contributed by atoms with Gasteiger partial charge in [-0.25, -0.2) is 5.01 Å². The van der Waals surface area contributed by atoms with E-state index in [1.54, 1.807) is 5.01 Å². The van der Waals surface area contributed by atoms with Gasteiger partial charge in [0, 0.05) is 0 Å². The summed E-state index contributed by atoms with van der Waals surface area (Å²) in [5, 5.41) is 11.8. The molecule has 1 atom stereocenters. The maximum Gasteiger partial charge on any atom is 0.294 e. The average Bonchev–Trinajstić information content (AvgIpc) is 3.33. The molecule has 9 heteroatoms. The molecule has 0 fully saturated rings. The number of hydrogen-bond acceptors (Lipinski definition) is 7. The molecule has 1 aliphatic rings. The molecule has 1 amide bonds. The smallest absolute Gasteiger partial charge is 0.294 e. The molecular weight excluding hydrogens is 448 g/mol. The quantitative estimate of drug-likeness (QED) is 0.341. The van der Waals surface area contributed by atoms with Crippen molar-refractivity contribution in [3.8, 4) is 0 Å². The molecule has 0 radical (unpaired) electrons. The van der Waals surface area contributed by atoms with E-state index < -0.39 is 5.56 Å². The molecule has 2 heterocycles. The number of fused-ring (bicyclic) bond motifs is 1. The van der Waals surface area contributed by atoms with Gasteiger partial charge < -0.3 is 5.84 Å². The van der Waals surface area contributed by atoms with Crippen molar-refractivity contribution in [1.29, 1.82) is 0 Å². The number of nitrogens with zero attached hydrogens (tertiary/aromatic N) is 4. The molecule has 0 bridgehead atoms. The molecule has 8 nitrogen and oxygen atoms in total. The molecule has 3 N–H and O–H groups in total. The second-order valence-electron chi connectivity index (χ2n) is 7.91. The van der Waals surface area contributed by atoms with Crippen LogP contribution in [0, 0.1) is 6.92 Å². The molecule has 5 rings (SSSR count). The number of carbonyl (C=O) groups is 1. The summed E-state index contributed by atoms with van der Waals surface area (Å²) in [6, 6.07) is 23.9. The molecule has 34 heavy (non-hydrogen) atoms. The van der Waals surface area contributed by atoms with Gasteiger partial charge in [0.15, 0.2) is 0 Å². The fourth-order valence-electron chi connectivity index (χ4n) is 3.86. The van der Waals surface area contributed by atoms with Gasteiger partial charge in [0.1, 0.15) is 5.69 Å². The zero-order valence-corrected chi connectivity index (χ0v) is 19.2. The maximum atomic E-state index is 13.3. The van der Waals surface area contributed by atoms with Crippen LogP contribution in [-0.4, -0.2) is 31.5 Å². The Hall–Kier alpha value is -4.11. The summed E-state index contributed by atoms with van der Waals surface area (Å²) in [6.45, 7) is 1.54. The van der Waals surface area contributed by atoms with Gasteiger partial charge in [-0.15, -0.1) is 10.2 Å². The summed E-state index contributed by atoms with van der Waals surface area (Å²) >= 11 is 1.07. The molecule has 170 valence electrons. The van der Waals surface area contributed by atoms with E-state index in [0.717, 1.165) is 44.0 Å². The number of thioether (sulfide) groups is 1. The first-order valence-electron chi connectivity index (χ1n) is 10.7. The monoisotopic (exact) mass is 470 g/mol. The summed E-state index contributed by atoms with van der Waals surface area (Å²) in [4.78, 5) is 25.3. The first kappa shape index (κ1) is 21.7. The van der Waals surface area contributed by atoms with Crippen LogP contribution in [0.2, 0.25) is 0 Å². The van der Waals surface area contributed by atoms with Crippen molar-refractivity contribution in [2.24, 2.45) is 0 Å². The number of nitrogens with one attached hydrogen (secondary N) is 1. The third-order valence-electron chi connectivity index (χ3n) is 5.66. The Labute approximate surface area is 200 Å². The highest BCUT2D eigenvalue weighted by atomic mass is 32.2. The SMILES string of the molecule is Cc1nnc(SCC(=O)N2NC(c3ccc4ccccc4c3)=C[C@@H]2c2ccccc2)n(N)c1=O. The third kappa shape index (κ3) is 4.13. The summed E-state index contributed by atoms with van der Waals surface area (Å²) in [5.74, 6) is 5.67. The number of hydrazine groups is 1. The maximum absolute atomic E-state index is 13.3. The van der Waals surface area contributed by atoms with E-state index in [2.05, 4.69) is 39.9 Å². The Balaban J connectivity index is 1.42. The van der Waals surface area contributed by atoms with Gasteiger partial charge >= 0.3 is 0 Å². The number of aryl methyl sites for hydroxylation is 1. The van der Waals surface area contributed by atoms with Gasteiger partial charge in [-0.1, -0.05) is 78.5 Å². The number of nitrogens with two attached hydrogens (primary N) is 1. The standard InChI is InChI=1S/C25H22N6O2S/c1-16-24(33)30(26)25(28-27-16)34-15-23(32)31-22(18-8-3-2-4-9-18)14-21(29-31)20-12-11-17-7-5-6-10-19(17)13-20/h2-14,22,29H,15,26H2,1H3/t22-/m1/s1. The zero-order chi connectivity index (χ0) is 23.7. The lowest BCUT2D eigenvalue weighted by molar-refractivity contribution is -0.131. The van der Waals surface area contributed by atoms with Crippen LogP contribution in [0.4, 0.5) is 0 Å². The molecule has 1 aromatic heterocycles. The van der Waals surface area contributed by atoms with Gasteiger partial charge in [-0.3, -0.25) is 15.0 Å². The molecule has 0 saturated carbocycles. The molecule has 1 aliphatic heterocycles. The van der Waals surface area contributed by atoms with Gasteiger partial charge in [-0.05, 0) is 41.0 Å². The molecule has 0 spiro atoms. The number of hydrogen-bond donors (Lipinski definition) is 2. The van der Waals surface area contributed by atoms with Crippen LogP contribution in [0.5, 0.6) is 0 Å². The molecule has 0 saturated heterocycles. The average molecular weight is 471 g/mol. The van der Waals surface area contributed by atoms with Crippen LogP contribution in [-0.2, 0) is 4.79 Å². The van der Waals surface area contributed by atoms with E-state index in [1.165, 1.54) is 6.92 Å². The number of rotatable bonds is 5. The number of amides is 1. The van der Waals surface area contributed by atoms with E-state index in [4.69, 9.17) is 5.84 Å². The minimum Gasteiger partial charge on any atom is -0.334 e. The Morgan fingerprint density at radius 3 is 2.56 bits per heavy atom. The Morgan fingerprint density at radius 1 is 1.03 bits per heavy atom. The highest BCUT2D eigenvalue weighted by Crippen LogP contribution is 2.33. The lowest BCUT2D eigenvalue weighted by atomic mass is 10.0. The first-order chi connectivity index (χ1) is 16.5. The number of aromatic nitrogens is 3. The lowest BCUT2D eigenvalue weighted by Crippen LogP contribution is -2.41. The Kier molecular flexibility index (Phi) is 5.77. The minimum atomic E-state index is -0.438. The Morgan fingerprint density at radius 2 is 1.76 bits per heavy atom. The van der Waals surface area contributed by atoms with Crippen LogP contribution in [0.3, 0.4) is 0 Å². The van der Waals surface area contributed by atoms with Gasteiger partial charge in [-0.2, -0.15) is 4.68 Å². The fraction of sp³-hybridized carbons (Fsp3) is 0.120. The highest BCUT2D eigenvalue weighted by molar-refractivity contribution is 7.99. The fourth-order valence-corrected chi connectivity index (χ4v) is 4.58. The summed E-state index contributed by atoms with van der Waals surface area (Å²) in [6.07, 6.45) is 2.05. The molecular formula is C25H22N6O2S. The van der Waals surface area contributed by atoms with Crippen molar-refractivity contribution in [2.75, 3.05) is 11.6 Å². The Bertz CT molecular complexity index is 1470. The predicted octanol–water partition coefficient (Wildman–Crippen LogP) is 3.04. The van der Waals surface area contributed by atoms with Crippen molar-refractivity contribution in [2.45, 2.75) is 18.1 Å². The molecule has 3 aromatic carbocycles. The van der Waals surface area contributed by atoms with Gasteiger partial charge in [0.25, 0.3) is 11.5 Å². The van der Waals surface area contributed by atoms with E-state index in [-0.39, 0.29) is 28.6 Å². The van der Waals surface area contributed by atoms with Crippen molar-refractivity contribution in [1.82, 2.24) is 25.3 Å². The lowest BCUT2D eigenvalue weighted by Gasteiger charge is -2.25. The van der Waals surface area contributed by atoms with Crippen LogP contribution in [0.15, 0.2) is 88.8 Å². The van der Waals surface area contributed by atoms with Crippen LogP contribution >= 0.6 is 11.8 Å². The van der Waals surface area contributed by atoms with Crippen LogP contribution < -0.4 is 16.8 Å². The van der Waals surface area contributed by atoms with Crippen molar-refractivity contribution in [3.63, 3.8) is 0 Å². The third-order valence-corrected chi connectivity index (χ3v) is 6.59. The highest BCUT2D eigenvalue weighted by Gasteiger charge is 2.31. The van der Waals surface area contributed by atoms with Crippen molar-refractivity contribution in [3.05, 3.63) is 106 Å². The molecule has 4 aromatic rings. The van der Waals surface area contributed by atoms with E-state index in [1.807, 2.05) is 54.6 Å². The summed E-state index contributed by atoms with van der Waals surface area (Å²) in [5.41, 5.74) is 5.87. The molecule has 0 aliphatic carbocycles. The normalized spacial score (nSPS) is 15.3. The topological polar surface area (TPSA) is 106 Å². The van der Waals surface area contributed by atoms with Crippen molar-refractivity contribution >= 4 is 34.1 Å². The van der Waals surface area contributed by atoms with Crippen LogP contribution in [0.1, 0.15) is 22.9 Å². The van der Waals surface area contributed by atoms with Gasteiger partial charge in [0.05, 0.1) is 17.5 Å². The van der Waals surface area contributed by atoms with E-state index in [9.17, 15) is 9.59 Å². The second-order valence-corrected chi connectivity index (χ2v) is 8.85. The van der Waals surface area contributed by atoms with E-state index >= 15 is 0 Å². The minimum absolute atomic E-state index is 0.0313. The number of nitrogen functional groups attached to an aromatic ring is 1. The van der Waals surface area contributed by atoms with Crippen molar-refractivity contribution < 1.29 is 4.79 Å². The summed E-state index contributed by atoms with van der Waals surface area (Å²) < 4.78 is 0.922. The predicted molar refractivity (Wildman–Crippen MR) is 133 cm³/mol. The number of benzene rings is 3.